The standard InChI is InChI=1S/C14H15N3O/c15-9-12-2-1-3-13(8-12)14(18)17-10-11-4-6-16-7-5-11/h1-4,8,16H,5-7,10H2,(H,17,18). The van der Waals surface area contributed by atoms with E-state index in [0.29, 0.717) is 17.7 Å². The molecule has 4 nitrogen and oxygen atoms in total. The third-order valence-electron chi connectivity index (χ3n) is 2.89. The van der Waals surface area contributed by atoms with Gasteiger partial charge in [-0.05, 0) is 31.2 Å². The van der Waals surface area contributed by atoms with Gasteiger partial charge in [0.1, 0.15) is 0 Å². The number of carbonyl (C=O) groups excluding carboxylic acids is 1. The van der Waals surface area contributed by atoms with Crippen molar-refractivity contribution in [1.29, 1.82) is 5.26 Å². The molecule has 1 heterocycles. The summed E-state index contributed by atoms with van der Waals surface area (Å²) in [5.74, 6) is -0.133. The van der Waals surface area contributed by atoms with Crippen LogP contribution in [0.25, 0.3) is 0 Å². The molecule has 0 saturated heterocycles. The van der Waals surface area contributed by atoms with Gasteiger partial charge in [0.15, 0.2) is 0 Å². The first-order valence-electron chi connectivity index (χ1n) is 5.96. The van der Waals surface area contributed by atoms with E-state index in [1.807, 2.05) is 6.07 Å². The number of nitriles is 1. The van der Waals surface area contributed by atoms with E-state index >= 15 is 0 Å². The van der Waals surface area contributed by atoms with Crippen molar-refractivity contribution in [3.8, 4) is 6.07 Å². The number of benzene rings is 1. The lowest BCUT2D eigenvalue weighted by Gasteiger charge is -2.14. The predicted molar refractivity (Wildman–Crippen MR) is 69.1 cm³/mol. The molecule has 2 N–H and O–H groups in total. The molecule has 0 radical (unpaired) electrons. The van der Waals surface area contributed by atoms with E-state index in [2.05, 4.69) is 16.7 Å². The molecule has 1 amide bonds. The monoisotopic (exact) mass is 241 g/mol. The topological polar surface area (TPSA) is 64.9 Å². The summed E-state index contributed by atoms with van der Waals surface area (Å²) in [6.07, 6.45) is 3.08. The molecule has 0 atom stereocenters. The number of carbonyl (C=O) groups is 1. The Kier molecular flexibility index (Phi) is 4.11. The highest BCUT2D eigenvalue weighted by molar-refractivity contribution is 5.94. The van der Waals surface area contributed by atoms with Crippen molar-refractivity contribution in [3.63, 3.8) is 0 Å². The van der Waals surface area contributed by atoms with E-state index in [9.17, 15) is 4.79 Å². The van der Waals surface area contributed by atoms with Crippen LogP contribution in [-0.4, -0.2) is 25.5 Å². The normalized spacial score (nSPS) is 14.5. The molecule has 1 aliphatic rings. The van der Waals surface area contributed by atoms with Crippen LogP contribution in [0.4, 0.5) is 0 Å². The van der Waals surface area contributed by atoms with E-state index in [1.54, 1.807) is 24.3 Å². The first kappa shape index (κ1) is 12.3. The summed E-state index contributed by atoms with van der Waals surface area (Å²) in [7, 11) is 0. The van der Waals surface area contributed by atoms with Gasteiger partial charge in [-0.2, -0.15) is 5.26 Å². The lowest BCUT2D eigenvalue weighted by Crippen LogP contribution is -2.29. The number of nitrogens with one attached hydrogen (secondary N) is 2. The third kappa shape index (κ3) is 3.19. The maximum atomic E-state index is 11.9. The van der Waals surface area contributed by atoms with Gasteiger partial charge >= 0.3 is 0 Å². The van der Waals surface area contributed by atoms with Crippen molar-refractivity contribution in [2.45, 2.75) is 6.42 Å². The molecule has 0 fully saturated rings. The third-order valence-corrected chi connectivity index (χ3v) is 2.89. The van der Waals surface area contributed by atoms with Crippen LogP contribution in [0.5, 0.6) is 0 Å². The molecule has 1 aliphatic heterocycles. The molecule has 0 saturated carbocycles. The summed E-state index contributed by atoms with van der Waals surface area (Å²) in [6.45, 7) is 2.41. The van der Waals surface area contributed by atoms with Gasteiger partial charge in [-0.3, -0.25) is 4.79 Å². The predicted octanol–water partition coefficient (Wildman–Crippen LogP) is 1.21. The second kappa shape index (κ2) is 5.99. The molecular formula is C14H15N3O. The summed E-state index contributed by atoms with van der Waals surface area (Å²) in [5, 5.41) is 14.9. The molecule has 4 heteroatoms. The average Bonchev–Trinajstić information content (AvgIpc) is 2.46. The smallest absolute Gasteiger partial charge is 0.251 e. The first-order valence-corrected chi connectivity index (χ1v) is 5.96. The maximum Gasteiger partial charge on any atom is 0.251 e. The van der Waals surface area contributed by atoms with Crippen LogP contribution in [0.15, 0.2) is 35.9 Å². The minimum absolute atomic E-state index is 0.133. The van der Waals surface area contributed by atoms with Crippen molar-refractivity contribution in [2.75, 3.05) is 19.6 Å². The minimum atomic E-state index is -0.133. The summed E-state index contributed by atoms with van der Waals surface area (Å²) in [6, 6.07) is 8.75. The SMILES string of the molecule is N#Cc1cccc(C(=O)NCC2=CCNCC2)c1. The van der Waals surface area contributed by atoms with Gasteiger partial charge in [0.25, 0.3) is 5.91 Å². The lowest BCUT2D eigenvalue weighted by atomic mass is 10.1. The molecular weight excluding hydrogens is 226 g/mol. The molecule has 0 bridgehead atoms. The Morgan fingerprint density at radius 3 is 3.11 bits per heavy atom. The quantitative estimate of drug-likeness (QED) is 0.782. The van der Waals surface area contributed by atoms with Gasteiger partial charge in [-0.15, -0.1) is 0 Å². The number of rotatable bonds is 3. The van der Waals surface area contributed by atoms with E-state index in [0.717, 1.165) is 19.5 Å². The van der Waals surface area contributed by atoms with E-state index in [4.69, 9.17) is 5.26 Å². The second-order valence-electron chi connectivity index (χ2n) is 4.19. The number of nitrogens with zero attached hydrogens (tertiary/aromatic N) is 1. The highest BCUT2D eigenvalue weighted by Gasteiger charge is 2.08. The Balaban J connectivity index is 1.95. The number of hydrogen-bond acceptors (Lipinski definition) is 3. The van der Waals surface area contributed by atoms with Crippen molar-refractivity contribution < 1.29 is 4.79 Å². The van der Waals surface area contributed by atoms with Crippen LogP contribution < -0.4 is 10.6 Å². The van der Waals surface area contributed by atoms with Gasteiger partial charge in [0.05, 0.1) is 11.6 Å². The highest BCUT2D eigenvalue weighted by atomic mass is 16.1. The molecule has 18 heavy (non-hydrogen) atoms. The zero-order valence-electron chi connectivity index (χ0n) is 10.1. The summed E-state index contributed by atoms with van der Waals surface area (Å²) in [5.41, 5.74) is 2.28. The molecule has 0 aromatic heterocycles. The van der Waals surface area contributed by atoms with Gasteiger partial charge in [0, 0.05) is 18.7 Å². The van der Waals surface area contributed by atoms with E-state index in [-0.39, 0.29) is 5.91 Å². The van der Waals surface area contributed by atoms with Crippen molar-refractivity contribution in [3.05, 3.63) is 47.0 Å². The Bertz CT molecular complexity index is 514. The van der Waals surface area contributed by atoms with Gasteiger partial charge in [-0.1, -0.05) is 17.7 Å². The maximum absolute atomic E-state index is 11.9. The minimum Gasteiger partial charge on any atom is -0.348 e. The Morgan fingerprint density at radius 1 is 1.50 bits per heavy atom. The van der Waals surface area contributed by atoms with Crippen LogP contribution in [0.3, 0.4) is 0 Å². The molecule has 0 unspecified atom stereocenters. The Morgan fingerprint density at radius 2 is 2.39 bits per heavy atom. The van der Waals surface area contributed by atoms with Crippen LogP contribution >= 0.6 is 0 Å². The second-order valence-corrected chi connectivity index (χ2v) is 4.19. The molecule has 1 aromatic carbocycles. The zero-order chi connectivity index (χ0) is 12.8. The summed E-state index contributed by atoms with van der Waals surface area (Å²) < 4.78 is 0. The summed E-state index contributed by atoms with van der Waals surface area (Å²) >= 11 is 0. The van der Waals surface area contributed by atoms with Crippen LogP contribution in [-0.2, 0) is 0 Å². The fraction of sp³-hybridized carbons (Fsp3) is 0.286. The molecule has 2 rings (SSSR count). The zero-order valence-corrected chi connectivity index (χ0v) is 10.1. The van der Waals surface area contributed by atoms with Crippen LogP contribution in [0.2, 0.25) is 0 Å². The highest BCUT2D eigenvalue weighted by Crippen LogP contribution is 2.06. The van der Waals surface area contributed by atoms with Crippen LogP contribution in [0, 0.1) is 11.3 Å². The summed E-state index contributed by atoms with van der Waals surface area (Å²) in [4.78, 5) is 11.9. The van der Waals surface area contributed by atoms with Crippen molar-refractivity contribution >= 4 is 5.91 Å². The van der Waals surface area contributed by atoms with Gasteiger partial charge in [-0.25, -0.2) is 0 Å². The fourth-order valence-electron chi connectivity index (χ4n) is 1.86. The Labute approximate surface area is 106 Å². The lowest BCUT2D eigenvalue weighted by molar-refractivity contribution is 0.0956. The fourth-order valence-corrected chi connectivity index (χ4v) is 1.86. The van der Waals surface area contributed by atoms with E-state index < -0.39 is 0 Å². The van der Waals surface area contributed by atoms with Gasteiger partial charge < -0.3 is 10.6 Å². The molecule has 0 spiro atoms. The first-order chi connectivity index (χ1) is 8.79. The van der Waals surface area contributed by atoms with Crippen molar-refractivity contribution in [1.82, 2.24) is 10.6 Å². The average molecular weight is 241 g/mol. The molecule has 0 aliphatic carbocycles. The van der Waals surface area contributed by atoms with Gasteiger partial charge in [0.2, 0.25) is 0 Å². The molecule has 92 valence electrons. The van der Waals surface area contributed by atoms with Crippen LogP contribution in [0.1, 0.15) is 22.3 Å². The largest absolute Gasteiger partial charge is 0.348 e. The number of amides is 1. The van der Waals surface area contributed by atoms with Crippen molar-refractivity contribution in [2.24, 2.45) is 0 Å². The Hall–Kier alpha value is -2.12. The van der Waals surface area contributed by atoms with E-state index in [1.165, 1.54) is 5.57 Å². The molecule has 1 aromatic rings. The number of hydrogen-bond donors (Lipinski definition) is 2.